The summed E-state index contributed by atoms with van der Waals surface area (Å²) in [7, 11) is 0. The van der Waals surface area contributed by atoms with Gasteiger partial charge in [0, 0.05) is 24.2 Å². The van der Waals surface area contributed by atoms with Crippen LogP contribution in [0.5, 0.6) is 0 Å². The summed E-state index contributed by atoms with van der Waals surface area (Å²) < 4.78 is 25.0. The van der Waals surface area contributed by atoms with E-state index in [0.717, 1.165) is 18.9 Å². The molecule has 0 radical (unpaired) electrons. The van der Waals surface area contributed by atoms with E-state index in [4.69, 9.17) is 20.6 Å². The van der Waals surface area contributed by atoms with Gasteiger partial charge in [-0.1, -0.05) is 12.1 Å². The van der Waals surface area contributed by atoms with Crippen molar-refractivity contribution in [1.82, 2.24) is 10.2 Å². The van der Waals surface area contributed by atoms with E-state index in [2.05, 4.69) is 15.1 Å². The average Bonchev–Trinajstić information content (AvgIpc) is 2.67. The molecule has 0 aliphatic carbocycles. The number of hydrogen-bond acceptors (Lipinski definition) is 7. The number of carbonyl (C=O) groups excluding carboxylic acids is 1. The summed E-state index contributed by atoms with van der Waals surface area (Å²) in [6, 6.07) is 8.28. The van der Waals surface area contributed by atoms with Gasteiger partial charge in [-0.3, -0.25) is 10.2 Å². The molecule has 8 nitrogen and oxygen atoms in total. The van der Waals surface area contributed by atoms with Gasteiger partial charge in [0.15, 0.2) is 5.82 Å². The molecule has 2 heterocycles. The molecular formula is C18H20FN5O3. The highest BCUT2D eigenvalue weighted by molar-refractivity contribution is 5.94. The minimum Gasteiger partial charge on any atom is -0.460 e. The first kappa shape index (κ1) is 18.7. The Bertz CT molecular complexity index is 822. The third-order valence-electron chi connectivity index (χ3n) is 4.06. The molecule has 2 aromatic rings. The maximum absolute atomic E-state index is 14.8. The number of nitrogens with zero attached hydrogens (tertiary/aromatic N) is 3. The second-order valence-electron chi connectivity index (χ2n) is 6.02. The number of benzene rings is 1. The lowest BCUT2D eigenvalue weighted by Gasteiger charge is -2.27. The molecule has 1 fully saturated rings. The zero-order chi connectivity index (χ0) is 19.2. The van der Waals surface area contributed by atoms with Gasteiger partial charge >= 0.3 is 5.97 Å². The number of aromatic nitrogens is 2. The van der Waals surface area contributed by atoms with Crippen LogP contribution in [0.4, 0.5) is 10.2 Å². The van der Waals surface area contributed by atoms with Crippen LogP contribution in [0.1, 0.15) is 12.0 Å². The predicted octanol–water partition coefficient (Wildman–Crippen LogP) is 1.49. The summed E-state index contributed by atoms with van der Waals surface area (Å²) in [5.74, 6) is -0.787. The Balaban J connectivity index is 1.73. The highest BCUT2D eigenvalue weighted by Gasteiger charge is 2.16. The van der Waals surface area contributed by atoms with Crippen molar-refractivity contribution in [3.8, 4) is 11.3 Å². The van der Waals surface area contributed by atoms with E-state index < -0.39 is 11.8 Å². The summed E-state index contributed by atoms with van der Waals surface area (Å²) >= 11 is 0. The SMILES string of the molecule is N=C(N)CC(=O)OCc1cccc(-c2ccc(N3CCOCC3)nn2)c1F. The van der Waals surface area contributed by atoms with E-state index in [-0.39, 0.29) is 30.0 Å². The van der Waals surface area contributed by atoms with E-state index in [1.165, 1.54) is 6.07 Å². The second-order valence-corrected chi connectivity index (χ2v) is 6.02. The number of amidine groups is 1. The van der Waals surface area contributed by atoms with Gasteiger partial charge < -0.3 is 20.1 Å². The summed E-state index contributed by atoms with van der Waals surface area (Å²) in [5.41, 5.74) is 6.02. The first-order valence-corrected chi connectivity index (χ1v) is 8.47. The van der Waals surface area contributed by atoms with Crippen molar-refractivity contribution in [2.24, 2.45) is 5.73 Å². The summed E-state index contributed by atoms with van der Waals surface area (Å²) in [4.78, 5) is 13.5. The minimum atomic E-state index is -0.679. The highest BCUT2D eigenvalue weighted by atomic mass is 19.1. The molecule has 1 saturated heterocycles. The van der Waals surface area contributed by atoms with Gasteiger partial charge in [-0.25, -0.2) is 4.39 Å². The molecule has 142 valence electrons. The number of halogens is 1. The maximum atomic E-state index is 14.8. The first-order valence-electron chi connectivity index (χ1n) is 8.47. The number of carbonyl (C=O) groups is 1. The third-order valence-corrected chi connectivity index (χ3v) is 4.06. The fraction of sp³-hybridized carbons (Fsp3) is 0.333. The molecule has 1 aromatic carbocycles. The molecule has 0 spiro atoms. The predicted molar refractivity (Wildman–Crippen MR) is 96.8 cm³/mol. The number of nitrogens with two attached hydrogens (primary N) is 1. The van der Waals surface area contributed by atoms with Crippen LogP contribution in [0.3, 0.4) is 0 Å². The number of nitrogens with one attached hydrogen (secondary N) is 1. The summed E-state index contributed by atoms with van der Waals surface area (Å²) in [6.45, 7) is 2.52. The van der Waals surface area contributed by atoms with E-state index >= 15 is 0 Å². The number of ether oxygens (including phenoxy) is 2. The molecule has 1 aliphatic rings. The van der Waals surface area contributed by atoms with Crippen molar-refractivity contribution in [3.63, 3.8) is 0 Å². The van der Waals surface area contributed by atoms with Gasteiger partial charge in [0.2, 0.25) is 0 Å². The van der Waals surface area contributed by atoms with Gasteiger partial charge in [-0.15, -0.1) is 10.2 Å². The van der Waals surface area contributed by atoms with Crippen LogP contribution >= 0.6 is 0 Å². The quantitative estimate of drug-likeness (QED) is 0.448. The fourth-order valence-corrected chi connectivity index (χ4v) is 2.68. The van der Waals surface area contributed by atoms with Crippen LogP contribution in [0.2, 0.25) is 0 Å². The van der Waals surface area contributed by atoms with Gasteiger partial charge in [-0.2, -0.15) is 0 Å². The first-order chi connectivity index (χ1) is 13.0. The van der Waals surface area contributed by atoms with Crippen LogP contribution in [0.25, 0.3) is 11.3 Å². The second kappa shape index (κ2) is 8.54. The van der Waals surface area contributed by atoms with E-state index in [9.17, 15) is 9.18 Å². The molecule has 3 rings (SSSR count). The van der Waals surface area contributed by atoms with Crippen molar-refractivity contribution in [2.75, 3.05) is 31.2 Å². The Kier molecular flexibility index (Phi) is 5.92. The average molecular weight is 373 g/mol. The van der Waals surface area contributed by atoms with Crippen LogP contribution in [-0.2, 0) is 20.9 Å². The van der Waals surface area contributed by atoms with Crippen LogP contribution in [0.15, 0.2) is 30.3 Å². The summed E-state index contributed by atoms with van der Waals surface area (Å²) in [6.07, 6.45) is -0.324. The molecule has 0 amide bonds. The van der Waals surface area contributed by atoms with Crippen molar-refractivity contribution < 1.29 is 18.7 Å². The van der Waals surface area contributed by atoms with Gasteiger partial charge in [-0.05, 0) is 18.2 Å². The fourth-order valence-electron chi connectivity index (χ4n) is 2.68. The zero-order valence-electron chi connectivity index (χ0n) is 14.7. The lowest BCUT2D eigenvalue weighted by molar-refractivity contribution is -0.143. The Hall–Kier alpha value is -3.07. The number of esters is 1. The van der Waals surface area contributed by atoms with Crippen LogP contribution in [0, 0.1) is 11.2 Å². The van der Waals surface area contributed by atoms with Gasteiger partial charge in [0.25, 0.3) is 0 Å². The molecule has 3 N–H and O–H groups in total. The van der Waals surface area contributed by atoms with Crippen molar-refractivity contribution >= 4 is 17.6 Å². The number of morpholine rings is 1. The van der Waals surface area contributed by atoms with Crippen molar-refractivity contribution in [2.45, 2.75) is 13.0 Å². The summed E-state index contributed by atoms with van der Waals surface area (Å²) in [5, 5.41) is 15.4. The topological polar surface area (TPSA) is 114 Å². The lowest BCUT2D eigenvalue weighted by Crippen LogP contribution is -2.36. The normalized spacial score (nSPS) is 14.0. The van der Waals surface area contributed by atoms with Crippen molar-refractivity contribution in [3.05, 3.63) is 41.7 Å². The lowest BCUT2D eigenvalue weighted by atomic mass is 10.1. The van der Waals surface area contributed by atoms with Gasteiger partial charge in [0.1, 0.15) is 24.7 Å². The molecule has 0 bridgehead atoms. The smallest absolute Gasteiger partial charge is 0.313 e. The maximum Gasteiger partial charge on any atom is 0.313 e. The number of anilines is 1. The Morgan fingerprint density at radius 3 is 2.70 bits per heavy atom. The zero-order valence-corrected chi connectivity index (χ0v) is 14.7. The Morgan fingerprint density at radius 2 is 2.04 bits per heavy atom. The van der Waals surface area contributed by atoms with Crippen molar-refractivity contribution in [1.29, 1.82) is 5.41 Å². The van der Waals surface area contributed by atoms with E-state index in [1.54, 1.807) is 24.3 Å². The number of rotatable bonds is 6. The van der Waals surface area contributed by atoms with E-state index in [1.807, 2.05) is 0 Å². The number of hydrogen-bond donors (Lipinski definition) is 2. The Labute approximate surface area is 155 Å². The molecule has 0 unspecified atom stereocenters. The molecule has 0 atom stereocenters. The third kappa shape index (κ3) is 4.76. The highest BCUT2D eigenvalue weighted by Crippen LogP contribution is 2.25. The molecule has 9 heteroatoms. The molecule has 1 aliphatic heterocycles. The Morgan fingerprint density at radius 1 is 1.26 bits per heavy atom. The van der Waals surface area contributed by atoms with Crippen LogP contribution < -0.4 is 10.6 Å². The monoisotopic (exact) mass is 373 g/mol. The molecule has 0 saturated carbocycles. The van der Waals surface area contributed by atoms with Gasteiger partial charge in [0.05, 0.1) is 18.9 Å². The molecule has 27 heavy (non-hydrogen) atoms. The minimum absolute atomic E-state index is 0.212. The van der Waals surface area contributed by atoms with E-state index in [0.29, 0.717) is 18.9 Å². The molecule has 1 aromatic heterocycles. The largest absolute Gasteiger partial charge is 0.460 e. The standard InChI is InChI=1S/C18H20FN5O3/c19-18-12(11-27-17(25)10-15(20)21)2-1-3-13(18)14-4-5-16(23-22-14)24-6-8-26-9-7-24/h1-5H,6-11H2,(H3,20,21). The molecular weight excluding hydrogens is 353 g/mol. The van der Waals surface area contributed by atoms with Crippen LogP contribution in [-0.4, -0.2) is 48.3 Å².